The van der Waals surface area contributed by atoms with Gasteiger partial charge < -0.3 is 20.5 Å². The van der Waals surface area contributed by atoms with E-state index in [2.05, 4.69) is 22.8 Å². The monoisotopic (exact) mass is 689 g/mol. The normalized spacial score (nSPS) is 15.8. The third kappa shape index (κ3) is 6.95. The molecule has 3 N–H and O–H groups in total. The van der Waals surface area contributed by atoms with Gasteiger partial charge in [-0.1, -0.05) is 89.9 Å². The largest absolute Gasteiger partial charge is 0.480 e. The molecule has 1 aliphatic heterocycles. The van der Waals surface area contributed by atoms with E-state index in [4.69, 9.17) is 27.9 Å². The molecule has 2 atom stereocenters. The van der Waals surface area contributed by atoms with Gasteiger partial charge in [0.05, 0.1) is 21.5 Å². The minimum atomic E-state index is -1.25. The number of hydrogen-bond donors (Lipinski definition) is 3. The molecule has 12 heteroatoms. The predicted octanol–water partition coefficient (Wildman–Crippen LogP) is 6.68. The van der Waals surface area contributed by atoms with Gasteiger partial charge in [-0.15, -0.1) is 11.8 Å². The number of anilines is 1. The molecular formula is C35H29Cl2N3O6S. The third-order valence-corrected chi connectivity index (χ3v) is 9.85. The fourth-order valence-electron chi connectivity index (χ4n) is 5.85. The molecule has 0 saturated carbocycles. The number of nitrogens with one attached hydrogen (secondary N) is 2. The average molecular weight is 691 g/mol. The second-order valence-corrected chi connectivity index (χ2v) is 13.0. The summed E-state index contributed by atoms with van der Waals surface area (Å²) < 4.78 is 5.76. The Morgan fingerprint density at radius 1 is 0.872 bits per heavy atom. The van der Waals surface area contributed by atoms with E-state index in [9.17, 15) is 24.3 Å². The molecule has 0 bridgehead atoms. The number of halogens is 2. The number of fused-ring (bicyclic) bond motifs is 3. The Bertz CT molecular complexity index is 1790. The second-order valence-electron chi connectivity index (χ2n) is 11.1. The van der Waals surface area contributed by atoms with E-state index in [1.165, 1.54) is 16.7 Å². The van der Waals surface area contributed by atoms with Gasteiger partial charge in [-0.05, 0) is 52.1 Å². The van der Waals surface area contributed by atoms with Crippen molar-refractivity contribution < 1.29 is 29.0 Å². The van der Waals surface area contributed by atoms with Gasteiger partial charge in [-0.25, -0.2) is 9.59 Å². The SMILES string of the molecule is O=C(Nc1ccc(CC(NC(=O)C2CSCN2C(=O)OCC2c3ccccc3-c3ccccc32)C(=O)O)cc1)c1c(Cl)cccc1Cl. The zero-order chi connectivity index (χ0) is 33.1. The number of carbonyl (C=O) groups is 4. The van der Waals surface area contributed by atoms with E-state index in [1.54, 1.807) is 42.5 Å². The first-order chi connectivity index (χ1) is 22.7. The average Bonchev–Trinajstić information content (AvgIpc) is 3.68. The fourth-order valence-corrected chi connectivity index (χ4v) is 7.56. The molecule has 4 aromatic carbocycles. The highest BCUT2D eigenvalue weighted by Crippen LogP contribution is 2.44. The predicted molar refractivity (Wildman–Crippen MR) is 182 cm³/mol. The van der Waals surface area contributed by atoms with Crippen LogP contribution in [0.25, 0.3) is 11.1 Å². The van der Waals surface area contributed by atoms with E-state index in [1.807, 2.05) is 36.4 Å². The molecule has 240 valence electrons. The highest BCUT2D eigenvalue weighted by Gasteiger charge is 2.38. The van der Waals surface area contributed by atoms with E-state index in [0.717, 1.165) is 22.3 Å². The summed E-state index contributed by atoms with van der Waals surface area (Å²) in [6.45, 7) is 0.113. The van der Waals surface area contributed by atoms with Crippen molar-refractivity contribution in [2.45, 2.75) is 24.4 Å². The quantitative estimate of drug-likeness (QED) is 0.179. The van der Waals surface area contributed by atoms with E-state index < -0.39 is 36.0 Å². The minimum absolute atomic E-state index is 0.0174. The Balaban J connectivity index is 1.06. The number of nitrogens with zero attached hydrogens (tertiary/aromatic N) is 1. The maximum atomic E-state index is 13.3. The van der Waals surface area contributed by atoms with Crippen LogP contribution in [0.2, 0.25) is 10.0 Å². The zero-order valence-electron chi connectivity index (χ0n) is 24.8. The van der Waals surface area contributed by atoms with Gasteiger partial charge in [0.15, 0.2) is 0 Å². The molecule has 1 aliphatic carbocycles. The van der Waals surface area contributed by atoms with E-state index in [0.29, 0.717) is 17.0 Å². The van der Waals surface area contributed by atoms with Gasteiger partial charge in [-0.3, -0.25) is 14.5 Å². The Morgan fingerprint density at radius 3 is 2.11 bits per heavy atom. The van der Waals surface area contributed by atoms with Crippen molar-refractivity contribution in [3.8, 4) is 11.1 Å². The Hall–Kier alpha value is -4.51. The first-order valence-corrected chi connectivity index (χ1v) is 16.7. The summed E-state index contributed by atoms with van der Waals surface area (Å²) in [5, 5.41) is 15.7. The molecule has 1 fully saturated rings. The molecule has 0 spiro atoms. The van der Waals surface area contributed by atoms with Crippen LogP contribution in [0.5, 0.6) is 0 Å². The second kappa shape index (κ2) is 14.1. The lowest BCUT2D eigenvalue weighted by Crippen LogP contribution is -2.52. The number of aliphatic carboxylic acids is 1. The Kier molecular flexibility index (Phi) is 9.72. The number of carboxylic acids is 1. The number of carbonyl (C=O) groups excluding carboxylic acids is 3. The van der Waals surface area contributed by atoms with Crippen LogP contribution in [-0.2, 0) is 20.7 Å². The van der Waals surface area contributed by atoms with E-state index >= 15 is 0 Å². The highest BCUT2D eigenvalue weighted by atomic mass is 35.5. The molecule has 47 heavy (non-hydrogen) atoms. The first-order valence-electron chi connectivity index (χ1n) is 14.8. The molecular weight excluding hydrogens is 661 g/mol. The fraction of sp³-hybridized carbons (Fsp3) is 0.200. The molecule has 2 unspecified atom stereocenters. The topological polar surface area (TPSA) is 125 Å². The van der Waals surface area contributed by atoms with Crippen LogP contribution in [0.15, 0.2) is 91.0 Å². The summed E-state index contributed by atoms with van der Waals surface area (Å²) in [4.78, 5) is 52.7. The molecule has 0 aromatic heterocycles. The van der Waals surface area contributed by atoms with Gasteiger partial charge in [0.1, 0.15) is 18.7 Å². The summed E-state index contributed by atoms with van der Waals surface area (Å²) in [5.74, 6) is -1.84. The lowest BCUT2D eigenvalue weighted by atomic mass is 9.98. The molecule has 0 radical (unpaired) electrons. The van der Waals surface area contributed by atoms with Crippen LogP contribution in [-0.4, -0.2) is 64.2 Å². The van der Waals surface area contributed by atoms with Gasteiger partial charge in [0.25, 0.3) is 5.91 Å². The van der Waals surface area contributed by atoms with Crippen LogP contribution >= 0.6 is 35.0 Å². The maximum absolute atomic E-state index is 13.3. The van der Waals surface area contributed by atoms with Gasteiger partial charge in [0, 0.05) is 23.8 Å². The number of ether oxygens (including phenoxy) is 1. The first kappa shape index (κ1) is 32.4. The van der Waals surface area contributed by atoms with Crippen LogP contribution in [0.4, 0.5) is 10.5 Å². The summed E-state index contributed by atoms with van der Waals surface area (Å²) in [7, 11) is 0. The molecule has 4 aromatic rings. The van der Waals surface area contributed by atoms with Crippen molar-refractivity contribution in [3.63, 3.8) is 0 Å². The molecule has 1 heterocycles. The Labute approximate surface area is 285 Å². The summed E-state index contributed by atoms with van der Waals surface area (Å²) in [6.07, 6.45) is -0.643. The number of carboxylic acid groups (broad SMARTS) is 1. The molecule has 6 rings (SSSR count). The maximum Gasteiger partial charge on any atom is 0.411 e. The third-order valence-electron chi connectivity index (χ3n) is 8.21. The van der Waals surface area contributed by atoms with Crippen molar-refractivity contribution in [1.82, 2.24) is 10.2 Å². The standard InChI is InChI=1S/C35H29Cl2N3O6S/c36-27-10-5-11-28(37)31(27)33(42)38-21-14-12-20(13-15-21)16-29(34(43)44)39-32(41)30-18-47-19-40(30)35(45)46-17-26-24-8-3-1-6-22(24)23-7-2-4-9-25(23)26/h1-15,26,29-30H,16-19H2,(H,38,42)(H,39,41)(H,43,44). The van der Waals surface area contributed by atoms with Crippen LogP contribution in [0, 0.1) is 0 Å². The van der Waals surface area contributed by atoms with Crippen LogP contribution < -0.4 is 10.6 Å². The van der Waals surface area contributed by atoms with Gasteiger partial charge in [0.2, 0.25) is 5.91 Å². The summed E-state index contributed by atoms with van der Waals surface area (Å²) in [5.41, 5.74) is 5.59. The molecule has 2 aliphatic rings. The lowest BCUT2D eigenvalue weighted by Gasteiger charge is -2.25. The van der Waals surface area contributed by atoms with E-state index in [-0.39, 0.29) is 40.4 Å². The van der Waals surface area contributed by atoms with Gasteiger partial charge >= 0.3 is 12.1 Å². The van der Waals surface area contributed by atoms with Crippen LogP contribution in [0.3, 0.4) is 0 Å². The van der Waals surface area contributed by atoms with Crippen LogP contribution in [0.1, 0.15) is 33.0 Å². The minimum Gasteiger partial charge on any atom is -0.480 e. The summed E-state index contributed by atoms with van der Waals surface area (Å²) in [6, 6.07) is 25.2. The number of hydrogen-bond acceptors (Lipinski definition) is 6. The molecule has 1 saturated heterocycles. The van der Waals surface area contributed by atoms with Crippen molar-refractivity contribution in [2.24, 2.45) is 0 Å². The van der Waals surface area contributed by atoms with Crippen molar-refractivity contribution in [3.05, 3.63) is 123 Å². The van der Waals surface area contributed by atoms with Crippen molar-refractivity contribution in [1.29, 1.82) is 0 Å². The van der Waals surface area contributed by atoms with Crippen molar-refractivity contribution in [2.75, 3.05) is 23.6 Å². The smallest absolute Gasteiger partial charge is 0.411 e. The Morgan fingerprint density at radius 2 is 1.49 bits per heavy atom. The highest BCUT2D eigenvalue weighted by molar-refractivity contribution is 7.99. The van der Waals surface area contributed by atoms with Crippen molar-refractivity contribution >= 4 is 64.5 Å². The number of amides is 3. The lowest BCUT2D eigenvalue weighted by molar-refractivity contribution is -0.142. The zero-order valence-corrected chi connectivity index (χ0v) is 27.1. The molecule has 9 nitrogen and oxygen atoms in total. The van der Waals surface area contributed by atoms with Gasteiger partial charge in [-0.2, -0.15) is 0 Å². The molecule has 3 amide bonds. The number of rotatable bonds is 9. The summed E-state index contributed by atoms with van der Waals surface area (Å²) >= 11 is 13.7. The number of thioether (sulfide) groups is 1. The number of benzene rings is 4.